The number of allylic oxidation sites excluding steroid dienone is 1. The molecule has 0 aromatic heterocycles. The highest BCUT2D eigenvalue weighted by atomic mass is 79.9. The molecule has 2 aliphatic rings. The molecule has 2 aromatic carbocycles. The summed E-state index contributed by atoms with van der Waals surface area (Å²) in [5.41, 5.74) is 3.64. The van der Waals surface area contributed by atoms with Gasteiger partial charge in [0.25, 0.3) is 0 Å². The smallest absolute Gasteiger partial charge is 0.114 e. The summed E-state index contributed by atoms with van der Waals surface area (Å²) < 4.78 is 5.54. The molecule has 0 spiro atoms. The van der Waals surface area contributed by atoms with Crippen LogP contribution in [0.2, 0.25) is 0 Å². The first-order chi connectivity index (χ1) is 11.8. The molecule has 24 heavy (non-hydrogen) atoms. The van der Waals surface area contributed by atoms with Gasteiger partial charge in [0, 0.05) is 11.4 Å². The number of hydrogen-bond acceptors (Lipinski definition) is 3. The van der Waals surface area contributed by atoms with Crippen LogP contribution in [0.3, 0.4) is 0 Å². The van der Waals surface area contributed by atoms with Crippen LogP contribution in [-0.2, 0) is 16.2 Å². The van der Waals surface area contributed by atoms with E-state index in [2.05, 4.69) is 58.5 Å². The van der Waals surface area contributed by atoms with Gasteiger partial charge in [0.15, 0.2) is 0 Å². The van der Waals surface area contributed by atoms with Gasteiger partial charge in [-0.25, -0.2) is 0 Å². The van der Waals surface area contributed by atoms with Crippen molar-refractivity contribution in [2.75, 3.05) is 13.7 Å². The lowest BCUT2D eigenvalue weighted by atomic mass is 9.94. The van der Waals surface area contributed by atoms with Gasteiger partial charge in [0.1, 0.15) is 5.76 Å². The Balaban J connectivity index is 1.67. The van der Waals surface area contributed by atoms with Crippen molar-refractivity contribution in [2.45, 2.75) is 11.4 Å². The second-order valence-electron chi connectivity index (χ2n) is 5.91. The zero-order chi connectivity index (χ0) is 16.5. The fourth-order valence-corrected chi connectivity index (χ4v) is 3.92. The molecule has 0 saturated heterocycles. The van der Waals surface area contributed by atoms with Crippen LogP contribution in [0, 0.1) is 0 Å². The van der Waals surface area contributed by atoms with Gasteiger partial charge < -0.3 is 4.74 Å². The summed E-state index contributed by atoms with van der Waals surface area (Å²) in [5.74, 6) is 0.930. The van der Waals surface area contributed by atoms with E-state index in [1.807, 2.05) is 23.3 Å². The lowest BCUT2D eigenvalue weighted by Gasteiger charge is -2.28. The van der Waals surface area contributed by atoms with Gasteiger partial charge in [-0.1, -0.05) is 64.5 Å². The van der Waals surface area contributed by atoms with Crippen molar-refractivity contribution in [3.8, 4) is 0 Å². The number of hydroxylamine groups is 2. The summed E-state index contributed by atoms with van der Waals surface area (Å²) in [6.45, 7) is 1.27. The third-order valence-electron chi connectivity index (χ3n) is 4.37. The second-order valence-corrected chi connectivity index (χ2v) is 6.83. The van der Waals surface area contributed by atoms with Crippen LogP contribution in [-0.4, -0.2) is 18.7 Å². The summed E-state index contributed by atoms with van der Waals surface area (Å²) in [7, 11) is 1.72. The van der Waals surface area contributed by atoms with Crippen molar-refractivity contribution in [1.82, 2.24) is 5.06 Å². The minimum Gasteiger partial charge on any atom is -0.500 e. The average molecular weight is 384 g/mol. The van der Waals surface area contributed by atoms with Gasteiger partial charge in [-0.3, -0.25) is 9.90 Å². The quantitative estimate of drug-likeness (QED) is 0.757. The van der Waals surface area contributed by atoms with Gasteiger partial charge in [-0.05, 0) is 28.0 Å². The SMILES string of the molecule is COC1=CC2=c3c(cccc3=CN(OCc3ccccc3)C2)C1Br. The summed E-state index contributed by atoms with van der Waals surface area (Å²) in [6, 6.07) is 16.6. The molecule has 0 bridgehead atoms. The number of ether oxygens (including phenoxy) is 1. The van der Waals surface area contributed by atoms with Crippen molar-refractivity contribution in [3.05, 3.63) is 81.9 Å². The molecule has 2 aromatic rings. The Morgan fingerprint density at radius 3 is 2.75 bits per heavy atom. The molecule has 3 nitrogen and oxygen atoms in total. The highest BCUT2D eigenvalue weighted by molar-refractivity contribution is 9.09. The van der Waals surface area contributed by atoms with E-state index in [1.165, 1.54) is 21.6 Å². The largest absolute Gasteiger partial charge is 0.500 e. The van der Waals surface area contributed by atoms with Gasteiger partial charge in [0.2, 0.25) is 0 Å². The van der Waals surface area contributed by atoms with Crippen molar-refractivity contribution in [1.29, 1.82) is 0 Å². The van der Waals surface area contributed by atoms with Crippen molar-refractivity contribution >= 4 is 27.7 Å². The number of hydrogen-bond donors (Lipinski definition) is 0. The Kier molecular flexibility index (Phi) is 4.17. The monoisotopic (exact) mass is 383 g/mol. The fourth-order valence-electron chi connectivity index (χ4n) is 3.22. The van der Waals surface area contributed by atoms with E-state index >= 15 is 0 Å². The minimum atomic E-state index is 0.103. The van der Waals surface area contributed by atoms with Crippen LogP contribution in [0.1, 0.15) is 16.0 Å². The molecule has 1 aliphatic carbocycles. The van der Waals surface area contributed by atoms with E-state index < -0.39 is 0 Å². The second kappa shape index (κ2) is 6.46. The first-order valence-electron chi connectivity index (χ1n) is 7.93. The zero-order valence-electron chi connectivity index (χ0n) is 13.4. The first kappa shape index (κ1) is 15.5. The molecule has 4 heteroatoms. The van der Waals surface area contributed by atoms with Gasteiger partial charge in [-0.2, -0.15) is 0 Å². The van der Waals surface area contributed by atoms with E-state index in [0.29, 0.717) is 13.2 Å². The predicted octanol–water partition coefficient (Wildman–Crippen LogP) is 3.00. The van der Waals surface area contributed by atoms with Gasteiger partial charge >= 0.3 is 0 Å². The molecular weight excluding hydrogens is 366 g/mol. The molecule has 0 saturated carbocycles. The molecule has 0 fully saturated rings. The van der Waals surface area contributed by atoms with Crippen molar-refractivity contribution in [3.63, 3.8) is 0 Å². The molecule has 1 aliphatic heterocycles. The number of alkyl halides is 1. The first-order valence-corrected chi connectivity index (χ1v) is 8.85. The van der Waals surface area contributed by atoms with E-state index in [9.17, 15) is 0 Å². The summed E-state index contributed by atoms with van der Waals surface area (Å²) >= 11 is 3.74. The molecular formula is C20H18BrNO2. The maximum atomic E-state index is 5.99. The maximum absolute atomic E-state index is 5.99. The number of halogens is 1. The molecule has 122 valence electrons. The third-order valence-corrected chi connectivity index (χ3v) is 5.32. The number of benzene rings is 2. The average Bonchev–Trinajstić information content (AvgIpc) is 2.63. The summed E-state index contributed by atoms with van der Waals surface area (Å²) in [6.07, 6.45) is 4.20. The fraction of sp³-hybridized carbons (Fsp3) is 0.200. The molecule has 0 radical (unpaired) electrons. The van der Waals surface area contributed by atoms with Crippen LogP contribution >= 0.6 is 15.9 Å². The third kappa shape index (κ3) is 2.76. The van der Waals surface area contributed by atoms with Crippen molar-refractivity contribution in [2.24, 2.45) is 0 Å². The van der Waals surface area contributed by atoms with Gasteiger partial charge in [0.05, 0.1) is 25.1 Å². The van der Waals surface area contributed by atoms with E-state index in [0.717, 1.165) is 11.3 Å². The van der Waals surface area contributed by atoms with Gasteiger partial charge in [-0.15, -0.1) is 0 Å². The molecule has 4 rings (SSSR count). The highest BCUT2D eigenvalue weighted by Gasteiger charge is 2.24. The minimum absolute atomic E-state index is 0.103. The molecule has 0 N–H and O–H groups in total. The Labute approximate surface area is 149 Å². The van der Waals surface area contributed by atoms with Crippen LogP contribution in [0.15, 0.2) is 60.4 Å². The van der Waals surface area contributed by atoms with Crippen LogP contribution < -0.4 is 10.4 Å². The summed E-state index contributed by atoms with van der Waals surface area (Å²) in [4.78, 5) is 6.10. The normalized spacial score (nSPS) is 18.6. The summed E-state index contributed by atoms with van der Waals surface area (Å²) in [5, 5.41) is 4.38. The standard InChI is InChI=1S/C20H18BrNO2/c1-23-18-10-16-12-22(24-13-14-6-3-2-4-7-14)11-15-8-5-9-17(19(15)16)20(18)21/h2-11,20H,12-13H2,1H3. The number of nitrogens with zero attached hydrogens (tertiary/aromatic N) is 1. The Bertz CT molecular complexity index is 905. The van der Waals surface area contributed by atoms with Crippen LogP contribution in [0.25, 0.3) is 11.8 Å². The lowest BCUT2D eigenvalue weighted by Crippen LogP contribution is -2.42. The maximum Gasteiger partial charge on any atom is 0.114 e. The highest BCUT2D eigenvalue weighted by Crippen LogP contribution is 2.33. The van der Waals surface area contributed by atoms with Crippen molar-refractivity contribution < 1.29 is 9.57 Å². The van der Waals surface area contributed by atoms with Crippen LogP contribution in [0.5, 0.6) is 0 Å². The Morgan fingerprint density at radius 2 is 1.96 bits per heavy atom. The van der Waals surface area contributed by atoms with E-state index in [4.69, 9.17) is 9.57 Å². The zero-order valence-corrected chi connectivity index (χ0v) is 15.0. The number of methoxy groups -OCH3 is 1. The topological polar surface area (TPSA) is 21.7 Å². The van der Waals surface area contributed by atoms with E-state index in [1.54, 1.807) is 7.11 Å². The molecule has 0 amide bonds. The predicted molar refractivity (Wildman–Crippen MR) is 98.3 cm³/mol. The number of rotatable bonds is 4. The van der Waals surface area contributed by atoms with E-state index in [-0.39, 0.29) is 4.83 Å². The lowest BCUT2D eigenvalue weighted by molar-refractivity contribution is -0.107. The molecule has 1 unspecified atom stereocenters. The molecule has 1 atom stereocenters. The Hall–Kier alpha value is -2.04. The van der Waals surface area contributed by atoms with Crippen LogP contribution in [0.4, 0.5) is 0 Å². The molecule has 1 heterocycles. The Morgan fingerprint density at radius 1 is 1.12 bits per heavy atom.